The molecule has 0 radical (unpaired) electrons. The molecule has 0 unspecified atom stereocenters. The second-order valence-corrected chi connectivity index (χ2v) is 4.38. The summed E-state index contributed by atoms with van der Waals surface area (Å²) in [5.41, 5.74) is 0. The Kier molecular flexibility index (Phi) is 3.28. The zero-order valence-electron chi connectivity index (χ0n) is 8.00. The van der Waals surface area contributed by atoms with Gasteiger partial charge in [0, 0.05) is 25.9 Å². The van der Waals surface area contributed by atoms with Crippen molar-refractivity contribution < 1.29 is 14.3 Å². The predicted molar refractivity (Wildman–Crippen MR) is 59.3 cm³/mol. The van der Waals surface area contributed by atoms with Gasteiger partial charge in [-0.15, -0.1) is 0 Å². The normalized spacial score (nSPS) is 25.6. The minimum Gasteiger partial charge on any atom is -0.347 e. The third-order valence-corrected chi connectivity index (χ3v) is 3.46. The van der Waals surface area contributed by atoms with Gasteiger partial charge in [0.15, 0.2) is 5.79 Å². The van der Waals surface area contributed by atoms with E-state index < -0.39 is 0 Å². The fourth-order valence-corrected chi connectivity index (χ4v) is 2.45. The van der Waals surface area contributed by atoms with Gasteiger partial charge in [0.1, 0.15) is 0 Å². The fraction of sp³-hybridized carbons (Fsp3) is 0.889. The number of rotatable bonds is 1. The Bertz CT molecular complexity index is 218. The van der Waals surface area contributed by atoms with Gasteiger partial charge in [-0.05, 0) is 0 Å². The average Bonchev–Trinajstić information content (AvgIpc) is 2.67. The van der Waals surface area contributed by atoms with Crippen molar-refractivity contribution in [3.8, 4) is 0 Å². The van der Waals surface area contributed by atoms with Crippen molar-refractivity contribution in [3.05, 3.63) is 0 Å². The molecule has 2 rings (SSSR count). The summed E-state index contributed by atoms with van der Waals surface area (Å²) in [4.78, 5) is 13.3. The first kappa shape index (κ1) is 10.6. The van der Waals surface area contributed by atoms with Gasteiger partial charge in [-0.2, -0.15) is 0 Å². The van der Waals surface area contributed by atoms with Gasteiger partial charge in [-0.3, -0.25) is 4.79 Å². The number of piperidine rings is 1. The van der Waals surface area contributed by atoms with Gasteiger partial charge >= 0.3 is 0 Å². The number of nitrogens with zero attached hydrogens (tertiary/aromatic N) is 1. The molecule has 14 heavy (non-hydrogen) atoms. The summed E-state index contributed by atoms with van der Waals surface area (Å²) < 4.78 is 11.7. The molecular formula is C9H14INO3. The van der Waals surface area contributed by atoms with Crippen molar-refractivity contribution in [2.45, 2.75) is 18.6 Å². The molecule has 2 aliphatic rings. The summed E-state index contributed by atoms with van der Waals surface area (Å²) in [6.45, 7) is 2.92. The first-order valence-corrected chi connectivity index (χ1v) is 6.40. The first-order chi connectivity index (χ1) is 6.76. The summed E-state index contributed by atoms with van der Waals surface area (Å²) in [5, 5.41) is 0. The van der Waals surface area contributed by atoms with E-state index in [-0.39, 0.29) is 11.7 Å². The van der Waals surface area contributed by atoms with Crippen molar-refractivity contribution >= 4 is 28.5 Å². The molecule has 0 N–H and O–H groups in total. The van der Waals surface area contributed by atoms with E-state index >= 15 is 0 Å². The van der Waals surface area contributed by atoms with Crippen LogP contribution in [0, 0.1) is 0 Å². The largest absolute Gasteiger partial charge is 0.347 e. The second-order valence-electron chi connectivity index (χ2n) is 3.62. The van der Waals surface area contributed by atoms with Gasteiger partial charge in [0.05, 0.1) is 17.6 Å². The minimum atomic E-state index is -0.359. The number of alkyl halides is 1. The molecule has 2 aliphatic heterocycles. The van der Waals surface area contributed by atoms with Gasteiger partial charge in [0.25, 0.3) is 0 Å². The maximum atomic E-state index is 11.4. The molecule has 2 fully saturated rings. The van der Waals surface area contributed by atoms with Crippen molar-refractivity contribution in [1.82, 2.24) is 4.90 Å². The number of hydrogen-bond donors (Lipinski definition) is 0. The van der Waals surface area contributed by atoms with Gasteiger partial charge in [-0.25, -0.2) is 0 Å². The molecule has 80 valence electrons. The lowest BCUT2D eigenvalue weighted by molar-refractivity contribution is -0.186. The van der Waals surface area contributed by atoms with Crippen LogP contribution in [-0.2, 0) is 14.3 Å². The van der Waals surface area contributed by atoms with E-state index in [2.05, 4.69) is 22.6 Å². The molecule has 0 aromatic carbocycles. The Labute approximate surface area is 97.1 Å². The van der Waals surface area contributed by atoms with Crippen molar-refractivity contribution in [2.24, 2.45) is 0 Å². The van der Waals surface area contributed by atoms with Crippen molar-refractivity contribution in [3.63, 3.8) is 0 Å². The lowest BCUT2D eigenvalue weighted by Gasteiger charge is -2.37. The van der Waals surface area contributed by atoms with Gasteiger partial charge in [-0.1, -0.05) is 22.6 Å². The first-order valence-electron chi connectivity index (χ1n) is 4.87. The van der Waals surface area contributed by atoms with Crippen LogP contribution in [0.1, 0.15) is 12.8 Å². The van der Waals surface area contributed by atoms with Crippen LogP contribution in [0.3, 0.4) is 0 Å². The molecular weight excluding hydrogens is 297 g/mol. The van der Waals surface area contributed by atoms with Crippen LogP contribution in [0.4, 0.5) is 0 Å². The summed E-state index contributed by atoms with van der Waals surface area (Å²) >= 11 is 2.10. The summed E-state index contributed by atoms with van der Waals surface area (Å²) in [5.74, 6) is -0.138. The zero-order chi connectivity index (χ0) is 10.0. The molecule has 2 saturated heterocycles. The number of carbonyl (C=O) groups excluding carboxylic acids is 1. The number of amides is 1. The lowest BCUT2D eigenvalue weighted by Crippen LogP contribution is -2.47. The predicted octanol–water partition coefficient (Wildman–Crippen LogP) is 0.787. The van der Waals surface area contributed by atoms with E-state index in [0.717, 1.165) is 25.9 Å². The molecule has 2 heterocycles. The highest BCUT2D eigenvalue weighted by Crippen LogP contribution is 2.31. The van der Waals surface area contributed by atoms with Crippen molar-refractivity contribution in [2.75, 3.05) is 30.7 Å². The smallest absolute Gasteiger partial charge is 0.232 e. The zero-order valence-corrected chi connectivity index (χ0v) is 10.2. The summed E-state index contributed by atoms with van der Waals surface area (Å²) in [6.07, 6.45) is 1.63. The molecule has 0 bridgehead atoms. The molecule has 0 aromatic rings. The second kappa shape index (κ2) is 4.32. The van der Waals surface area contributed by atoms with Gasteiger partial charge in [0.2, 0.25) is 5.91 Å². The van der Waals surface area contributed by atoms with E-state index in [1.54, 1.807) is 0 Å². The van der Waals surface area contributed by atoms with E-state index in [1.807, 2.05) is 4.90 Å². The molecule has 1 spiro atoms. The summed E-state index contributed by atoms with van der Waals surface area (Å²) in [7, 11) is 0. The maximum absolute atomic E-state index is 11.4. The van der Waals surface area contributed by atoms with E-state index in [0.29, 0.717) is 17.6 Å². The molecule has 0 aliphatic carbocycles. The number of ether oxygens (including phenoxy) is 2. The third-order valence-electron chi connectivity index (χ3n) is 2.81. The van der Waals surface area contributed by atoms with E-state index in [4.69, 9.17) is 9.47 Å². The number of halogens is 1. The maximum Gasteiger partial charge on any atom is 0.232 e. The monoisotopic (exact) mass is 311 g/mol. The number of carbonyl (C=O) groups is 1. The highest BCUT2D eigenvalue weighted by atomic mass is 127. The van der Waals surface area contributed by atoms with Crippen molar-refractivity contribution in [1.29, 1.82) is 0 Å². The highest BCUT2D eigenvalue weighted by molar-refractivity contribution is 14.1. The lowest BCUT2D eigenvalue weighted by atomic mass is 10.0. The molecule has 0 saturated carbocycles. The van der Waals surface area contributed by atoms with Crippen LogP contribution in [0.5, 0.6) is 0 Å². The average molecular weight is 311 g/mol. The molecule has 0 atom stereocenters. The Morgan fingerprint density at radius 3 is 2.36 bits per heavy atom. The Morgan fingerprint density at radius 1 is 1.29 bits per heavy atom. The van der Waals surface area contributed by atoms with Crippen LogP contribution in [0.25, 0.3) is 0 Å². The van der Waals surface area contributed by atoms with Gasteiger partial charge < -0.3 is 14.4 Å². The van der Waals surface area contributed by atoms with E-state index in [1.165, 1.54) is 0 Å². The molecule has 5 heteroatoms. The van der Waals surface area contributed by atoms with Crippen LogP contribution in [0.15, 0.2) is 0 Å². The van der Waals surface area contributed by atoms with Crippen LogP contribution >= 0.6 is 22.6 Å². The molecule has 4 nitrogen and oxygen atoms in total. The van der Waals surface area contributed by atoms with E-state index in [9.17, 15) is 4.79 Å². The number of hydrogen-bond acceptors (Lipinski definition) is 3. The highest BCUT2D eigenvalue weighted by Gasteiger charge is 2.40. The molecule has 1 amide bonds. The van der Waals surface area contributed by atoms with Crippen LogP contribution in [-0.4, -0.2) is 47.3 Å². The Hall–Kier alpha value is 0.120. The molecule has 0 aromatic heterocycles. The summed E-state index contributed by atoms with van der Waals surface area (Å²) in [6, 6.07) is 0. The standard InChI is InChI=1S/C9H14INO3/c10-7-8(12)11-3-1-9(2-4-11)13-5-6-14-9/h1-7H2. The quantitative estimate of drug-likeness (QED) is 0.531. The van der Waals surface area contributed by atoms with Crippen LogP contribution < -0.4 is 0 Å². The Morgan fingerprint density at radius 2 is 1.86 bits per heavy atom. The topological polar surface area (TPSA) is 38.8 Å². The Balaban J connectivity index is 1.88. The van der Waals surface area contributed by atoms with Crippen LogP contribution in [0.2, 0.25) is 0 Å². The SMILES string of the molecule is O=C(CI)N1CCC2(CC1)OCCO2. The third kappa shape index (κ3) is 2.04. The number of likely N-dealkylation sites (tertiary alicyclic amines) is 1. The fourth-order valence-electron chi connectivity index (χ4n) is 1.97. The minimum absolute atomic E-state index is 0.221.